The van der Waals surface area contributed by atoms with E-state index < -0.39 is 0 Å². The summed E-state index contributed by atoms with van der Waals surface area (Å²) >= 11 is 0. The van der Waals surface area contributed by atoms with Gasteiger partial charge in [-0.1, -0.05) is 54.6 Å². The Balaban J connectivity index is 1.30. The van der Waals surface area contributed by atoms with Crippen LogP contribution in [0.4, 0.5) is 0 Å². The van der Waals surface area contributed by atoms with Crippen LogP contribution in [0.5, 0.6) is 5.75 Å². The molecule has 5 heteroatoms. The van der Waals surface area contributed by atoms with Crippen molar-refractivity contribution < 1.29 is 9.53 Å². The fourth-order valence-corrected chi connectivity index (χ4v) is 3.98. The minimum atomic E-state index is -0.103. The van der Waals surface area contributed by atoms with Crippen LogP contribution in [-0.2, 0) is 24.2 Å². The van der Waals surface area contributed by atoms with Crippen LogP contribution in [-0.4, -0.2) is 28.6 Å². The molecule has 0 aliphatic heterocycles. The first-order valence-corrected chi connectivity index (χ1v) is 11.5. The Bertz CT molecular complexity index is 1210. The van der Waals surface area contributed by atoms with Gasteiger partial charge in [0.05, 0.1) is 11.0 Å². The first kappa shape index (κ1) is 22.6. The Hall–Kier alpha value is -3.60. The van der Waals surface area contributed by atoms with E-state index in [1.807, 2.05) is 44.2 Å². The zero-order valence-electron chi connectivity index (χ0n) is 19.4. The largest absolute Gasteiger partial charge is 0.483 e. The Kier molecular flexibility index (Phi) is 7.40. The molecule has 0 radical (unpaired) electrons. The highest BCUT2D eigenvalue weighted by atomic mass is 16.5. The SMILES string of the molecule is Cc1ccc(C)c(OCC(=O)NCCCc2nc3ccccc3n2CCc2ccccc2)c1. The van der Waals surface area contributed by atoms with Gasteiger partial charge in [0.2, 0.25) is 0 Å². The standard InChI is InChI=1S/C28H31N3O2/c1-21-14-15-22(2)26(19-21)33-20-28(32)29-17-8-13-27-30-24-11-6-7-12-25(24)31(27)18-16-23-9-4-3-5-10-23/h3-7,9-12,14-15,19H,8,13,16-18,20H2,1-2H3,(H,29,32). The smallest absolute Gasteiger partial charge is 0.257 e. The number of nitrogens with zero attached hydrogens (tertiary/aromatic N) is 2. The Morgan fingerprint density at radius 1 is 0.970 bits per heavy atom. The molecule has 0 aliphatic rings. The normalized spacial score (nSPS) is 11.0. The van der Waals surface area contributed by atoms with Crippen molar-refractivity contribution in [2.75, 3.05) is 13.2 Å². The van der Waals surface area contributed by atoms with Crippen LogP contribution in [0.25, 0.3) is 11.0 Å². The molecular formula is C28H31N3O2. The number of rotatable bonds is 10. The average molecular weight is 442 g/mol. The van der Waals surface area contributed by atoms with Crippen LogP contribution in [0.3, 0.4) is 0 Å². The molecule has 0 saturated heterocycles. The summed E-state index contributed by atoms with van der Waals surface area (Å²) in [5.41, 5.74) is 5.65. The van der Waals surface area contributed by atoms with Crippen LogP contribution < -0.4 is 10.1 Å². The maximum atomic E-state index is 12.2. The molecule has 0 spiro atoms. The van der Waals surface area contributed by atoms with Crippen molar-refractivity contribution in [2.24, 2.45) is 0 Å². The monoisotopic (exact) mass is 441 g/mol. The molecule has 1 amide bonds. The van der Waals surface area contributed by atoms with E-state index >= 15 is 0 Å². The summed E-state index contributed by atoms with van der Waals surface area (Å²) in [6.45, 7) is 5.50. The van der Waals surface area contributed by atoms with Gasteiger partial charge in [0, 0.05) is 19.5 Å². The van der Waals surface area contributed by atoms with Crippen molar-refractivity contribution in [1.29, 1.82) is 0 Å². The van der Waals surface area contributed by atoms with E-state index in [0.29, 0.717) is 6.54 Å². The van der Waals surface area contributed by atoms with Gasteiger partial charge in [-0.15, -0.1) is 0 Å². The zero-order valence-corrected chi connectivity index (χ0v) is 19.4. The number of hydrogen-bond acceptors (Lipinski definition) is 3. The van der Waals surface area contributed by atoms with Gasteiger partial charge in [0.1, 0.15) is 11.6 Å². The van der Waals surface area contributed by atoms with Gasteiger partial charge < -0.3 is 14.6 Å². The molecule has 1 heterocycles. The van der Waals surface area contributed by atoms with E-state index in [1.54, 1.807) is 0 Å². The predicted octanol–water partition coefficient (Wildman–Crippen LogP) is 5.02. The predicted molar refractivity (Wildman–Crippen MR) is 133 cm³/mol. The molecule has 1 N–H and O–H groups in total. The number of fused-ring (bicyclic) bond motifs is 1. The quantitative estimate of drug-likeness (QED) is 0.352. The molecule has 5 nitrogen and oxygen atoms in total. The van der Waals surface area contributed by atoms with Gasteiger partial charge in [-0.25, -0.2) is 4.98 Å². The zero-order chi connectivity index (χ0) is 23.0. The molecule has 170 valence electrons. The van der Waals surface area contributed by atoms with E-state index in [1.165, 1.54) is 5.56 Å². The van der Waals surface area contributed by atoms with Crippen molar-refractivity contribution >= 4 is 16.9 Å². The Labute approximate surface area is 195 Å². The number of amides is 1. The number of para-hydroxylation sites is 2. The number of ether oxygens (including phenoxy) is 1. The average Bonchev–Trinajstić information content (AvgIpc) is 3.19. The summed E-state index contributed by atoms with van der Waals surface area (Å²) in [6, 6.07) is 24.8. The first-order chi connectivity index (χ1) is 16.1. The second kappa shape index (κ2) is 10.8. The first-order valence-electron chi connectivity index (χ1n) is 11.5. The highest BCUT2D eigenvalue weighted by Gasteiger charge is 2.11. The molecule has 0 saturated carbocycles. The van der Waals surface area contributed by atoms with Gasteiger partial charge in [0.25, 0.3) is 5.91 Å². The van der Waals surface area contributed by atoms with Crippen LogP contribution >= 0.6 is 0 Å². The lowest BCUT2D eigenvalue weighted by Crippen LogP contribution is -2.30. The Morgan fingerprint density at radius 3 is 2.61 bits per heavy atom. The number of carbonyl (C=O) groups is 1. The molecule has 0 bridgehead atoms. The van der Waals surface area contributed by atoms with Gasteiger partial charge in [-0.3, -0.25) is 4.79 Å². The van der Waals surface area contributed by atoms with Crippen LogP contribution in [0.2, 0.25) is 0 Å². The van der Waals surface area contributed by atoms with Crippen LogP contribution in [0, 0.1) is 13.8 Å². The van der Waals surface area contributed by atoms with Crippen LogP contribution in [0.15, 0.2) is 72.8 Å². The lowest BCUT2D eigenvalue weighted by atomic mass is 10.1. The van der Waals surface area contributed by atoms with Crippen molar-refractivity contribution in [3.8, 4) is 5.75 Å². The van der Waals surface area contributed by atoms with Crippen LogP contribution in [0.1, 0.15) is 28.9 Å². The summed E-state index contributed by atoms with van der Waals surface area (Å²) in [6.07, 6.45) is 2.59. The molecule has 33 heavy (non-hydrogen) atoms. The summed E-state index contributed by atoms with van der Waals surface area (Å²) in [4.78, 5) is 17.1. The molecular weight excluding hydrogens is 410 g/mol. The summed E-state index contributed by atoms with van der Waals surface area (Å²) < 4.78 is 8.01. The molecule has 3 aromatic carbocycles. The fourth-order valence-electron chi connectivity index (χ4n) is 3.98. The topological polar surface area (TPSA) is 56.1 Å². The molecule has 4 rings (SSSR count). The highest BCUT2D eigenvalue weighted by Crippen LogP contribution is 2.19. The maximum Gasteiger partial charge on any atom is 0.257 e. The van der Waals surface area contributed by atoms with Gasteiger partial charge in [-0.05, 0) is 61.6 Å². The van der Waals surface area contributed by atoms with Crippen molar-refractivity contribution in [3.05, 3.63) is 95.3 Å². The summed E-state index contributed by atoms with van der Waals surface area (Å²) in [5, 5.41) is 2.97. The number of aromatic nitrogens is 2. The molecule has 1 aromatic heterocycles. The number of benzene rings is 3. The van der Waals surface area contributed by atoms with Gasteiger partial charge in [-0.2, -0.15) is 0 Å². The molecule has 0 unspecified atom stereocenters. The highest BCUT2D eigenvalue weighted by molar-refractivity contribution is 5.77. The maximum absolute atomic E-state index is 12.2. The third kappa shape index (κ3) is 6.01. The second-order valence-corrected chi connectivity index (χ2v) is 8.42. The second-order valence-electron chi connectivity index (χ2n) is 8.42. The summed E-state index contributed by atoms with van der Waals surface area (Å²) in [5.74, 6) is 1.72. The summed E-state index contributed by atoms with van der Waals surface area (Å²) in [7, 11) is 0. The van der Waals surface area contributed by atoms with E-state index in [-0.39, 0.29) is 12.5 Å². The number of imidazole rings is 1. The number of carbonyl (C=O) groups excluding carboxylic acids is 1. The molecule has 4 aromatic rings. The fraction of sp³-hybridized carbons (Fsp3) is 0.286. The van der Waals surface area contributed by atoms with E-state index in [2.05, 4.69) is 52.3 Å². The van der Waals surface area contributed by atoms with Crippen molar-refractivity contribution in [3.63, 3.8) is 0 Å². The van der Waals surface area contributed by atoms with E-state index in [0.717, 1.165) is 59.5 Å². The third-order valence-corrected chi connectivity index (χ3v) is 5.80. The molecule has 0 atom stereocenters. The Morgan fingerprint density at radius 2 is 1.76 bits per heavy atom. The third-order valence-electron chi connectivity index (χ3n) is 5.80. The van der Waals surface area contributed by atoms with Gasteiger partial charge in [0.15, 0.2) is 6.61 Å². The minimum absolute atomic E-state index is 0.0277. The van der Waals surface area contributed by atoms with E-state index in [9.17, 15) is 4.79 Å². The molecule has 0 aliphatic carbocycles. The minimum Gasteiger partial charge on any atom is -0.483 e. The van der Waals surface area contributed by atoms with Crippen molar-refractivity contribution in [2.45, 2.75) is 39.7 Å². The number of hydrogen-bond donors (Lipinski definition) is 1. The molecule has 0 fully saturated rings. The van der Waals surface area contributed by atoms with Gasteiger partial charge >= 0.3 is 0 Å². The number of nitrogens with one attached hydrogen (secondary N) is 1. The number of aryl methyl sites for hydroxylation is 5. The lowest BCUT2D eigenvalue weighted by Gasteiger charge is -2.11. The lowest BCUT2D eigenvalue weighted by molar-refractivity contribution is -0.123. The van der Waals surface area contributed by atoms with Crippen molar-refractivity contribution in [1.82, 2.24) is 14.9 Å². The van der Waals surface area contributed by atoms with E-state index in [4.69, 9.17) is 9.72 Å².